The lowest BCUT2D eigenvalue weighted by atomic mass is 9.83. The van der Waals surface area contributed by atoms with Crippen molar-refractivity contribution in [3.05, 3.63) is 24.2 Å². The first-order chi connectivity index (χ1) is 12.0. The number of piperidine rings is 1. The Morgan fingerprint density at radius 3 is 2.44 bits per heavy atom. The zero-order valence-electron chi connectivity index (χ0n) is 14.1. The first-order valence-electron chi connectivity index (χ1n) is 8.89. The van der Waals surface area contributed by atoms with Gasteiger partial charge < -0.3 is 19.7 Å². The van der Waals surface area contributed by atoms with Gasteiger partial charge in [0.15, 0.2) is 0 Å². The maximum Gasteiger partial charge on any atom is 0.326 e. The highest BCUT2D eigenvalue weighted by atomic mass is 16.4. The monoisotopic (exact) mass is 348 g/mol. The van der Waals surface area contributed by atoms with Gasteiger partial charge in [0.1, 0.15) is 11.8 Å². The molecule has 2 N–H and O–H groups in total. The summed E-state index contributed by atoms with van der Waals surface area (Å²) in [5.74, 6) is -0.670. The highest BCUT2D eigenvalue weighted by Gasteiger charge is 2.34. The number of carboxylic acids is 1. The van der Waals surface area contributed by atoms with Crippen molar-refractivity contribution in [2.24, 2.45) is 11.8 Å². The minimum Gasteiger partial charge on any atom is -0.480 e. The van der Waals surface area contributed by atoms with Gasteiger partial charge in [-0.05, 0) is 37.8 Å². The van der Waals surface area contributed by atoms with E-state index in [0.29, 0.717) is 31.7 Å². The SMILES string of the molecule is O=C(N[C@H](Cc1ccco1)C(=O)O)C1CCN(C(=O)C2CCC2)CC1. The normalized spacial score (nSPS) is 19.9. The number of furan rings is 1. The second kappa shape index (κ2) is 7.72. The molecule has 1 saturated heterocycles. The predicted molar refractivity (Wildman–Crippen MR) is 88.6 cm³/mol. The minimum absolute atomic E-state index is 0.118. The highest BCUT2D eigenvalue weighted by molar-refractivity contribution is 5.85. The maximum atomic E-state index is 12.4. The Bertz CT molecular complexity index is 615. The van der Waals surface area contributed by atoms with Gasteiger partial charge in [0, 0.05) is 31.3 Å². The fourth-order valence-corrected chi connectivity index (χ4v) is 3.40. The van der Waals surface area contributed by atoms with E-state index < -0.39 is 12.0 Å². The van der Waals surface area contributed by atoms with Gasteiger partial charge in [-0.2, -0.15) is 0 Å². The molecular weight excluding hydrogens is 324 g/mol. The van der Waals surface area contributed by atoms with Crippen molar-refractivity contribution in [3.63, 3.8) is 0 Å². The number of hydrogen-bond acceptors (Lipinski definition) is 4. The van der Waals surface area contributed by atoms with Gasteiger partial charge in [-0.3, -0.25) is 9.59 Å². The molecule has 7 heteroatoms. The van der Waals surface area contributed by atoms with Crippen molar-refractivity contribution in [1.82, 2.24) is 10.2 Å². The third-order valence-electron chi connectivity index (χ3n) is 5.23. The first kappa shape index (κ1) is 17.5. The topological polar surface area (TPSA) is 99.8 Å². The van der Waals surface area contributed by atoms with Crippen molar-refractivity contribution in [2.75, 3.05) is 13.1 Å². The highest BCUT2D eigenvalue weighted by Crippen LogP contribution is 2.30. The third-order valence-corrected chi connectivity index (χ3v) is 5.23. The van der Waals surface area contributed by atoms with E-state index in [-0.39, 0.29) is 30.1 Å². The molecule has 2 fully saturated rings. The molecule has 1 atom stereocenters. The van der Waals surface area contributed by atoms with Gasteiger partial charge >= 0.3 is 5.97 Å². The summed E-state index contributed by atoms with van der Waals surface area (Å²) < 4.78 is 5.16. The van der Waals surface area contributed by atoms with E-state index in [1.807, 2.05) is 4.90 Å². The molecular formula is C18H24N2O5. The Morgan fingerprint density at radius 1 is 1.20 bits per heavy atom. The van der Waals surface area contributed by atoms with Gasteiger partial charge in [-0.25, -0.2) is 4.79 Å². The van der Waals surface area contributed by atoms with Crippen LogP contribution in [-0.4, -0.2) is 46.9 Å². The molecule has 0 bridgehead atoms. The van der Waals surface area contributed by atoms with Crippen LogP contribution in [0.15, 0.2) is 22.8 Å². The second-order valence-corrected chi connectivity index (χ2v) is 6.91. The molecule has 136 valence electrons. The lowest BCUT2D eigenvalue weighted by Gasteiger charge is -2.36. The molecule has 0 spiro atoms. The molecule has 1 aromatic rings. The van der Waals surface area contributed by atoms with Crippen molar-refractivity contribution in [3.8, 4) is 0 Å². The summed E-state index contributed by atoms with van der Waals surface area (Å²) in [5, 5.41) is 11.9. The summed E-state index contributed by atoms with van der Waals surface area (Å²) in [5.41, 5.74) is 0. The quantitative estimate of drug-likeness (QED) is 0.810. The Kier molecular flexibility index (Phi) is 5.40. The Morgan fingerprint density at radius 2 is 1.92 bits per heavy atom. The number of aliphatic carboxylic acids is 1. The van der Waals surface area contributed by atoms with E-state index in [0.717, 1.165) is 19.3 Å². The maximum absolute atomic E-state index is 12.4. The smallest absolute Gasteiger partial charge is 0.326 e. The van der Waals surface area contributed by atoms with E-state index in [4.69, 9.17) is 4.42 Å². The Balaban J connectivity index is 1.49. The average molecular weight is 348 g/mol. The minimum atomic E-state index is -1.08. The van der Waals surface area contributed by atoms with Crippen LogP contribution >= 0.6 is 0 Å². The molecule has 0 radical (unpaired) electrons. The number of carbonyl (C=O) groups is 3. The van der Waals surface area contributed by atoms with Crippen LogP contribution in [0.2, 0.25) is 0 Å². The zero-order chi connectivity index (χ0) is 17.8. The van der Waals surface area contributed by atoms with Crippen molar-refractivity contribution < 1.29 is 23.9 Å². The second-order valence-electron chi connectivity index (χ2n) is 6.91. The molecule has 3 rings (SSSR count). The van der Waals surface area contributed by atoms with Crippen LogP contribution < -0.4 is 5.32 Å². The summed E-state index contributed by atoms with van der Waals surface area (Å²) in [7, 11) is 0. The van der Waals surface area contributed by atoms with Crippen LogP contribution in [0.5, 0.6) is 0 Å². The number of carbonyl (C=O) groups excluding carboxylic acids is 2. The molecule has 0 aromatic carbocycles. The largest absolute Gasteiger partial charge is 0.480 e. The number of nitrogens with zero attached hydrogens (tertiary/aromatic N) is 1. The van der Waals surface area contributed by atoms with E-state index >= 15 is 0 Å². The predicted octanol–water partition coefficient (Wildman–Crippen LogP) is 1.43. The van der Waals surface area contributed by atoms with Gasteiger partial charge in [-0.15, -0.1) is 0 Å². The summed E-state index contributed by atoms with van der Waals surface area (Å²) in [6, 6.07) is 2.37. The van der Waals surface area contributed by atoms with Crippen molar-refractivity contribution in [2.45, 2.75) is 44.6 Å². The van der Waals surface area contributed by atoms with E-state index in [9.17, 15) is 19.5 Å². The fourth-order valence-electron chi connectivity index (χ4n) is 3.40. The Hall–Kier alpha value is -2.31. The number of hydrogen-bond donors (Lipinski definition) is 2. The van der Waals surface area contributed by atoms with Crippen LogP contribution in [0, 0.1) is 11.8 Å². The van der Waals surface area contributed by atoms with Crippen LogP contribution in [0.1, 0.15) is 37.9 Å². The van der Waals surface area contributed by atoms with E-state index in [2.05, 4.69) is 5.32 Å². The molecule has 1 aliphatic carbocycles. The molecule has 1 saturated carbocycles. The molecule has 2 heterocycles. The molecule has 1 aromatic heterocycles. The average Bonchev–Trinajstić information content (AvgIpc) is 3.05. The van der Waals surface area contributed by atoms with Crippen LogP contribution in [-0.2, 0) is 20.8 Å². The third kappa shape index (κ3) is 4.21. The summed E-state index contributed by atoms with van der Waals surface area (Å²) in [4.78, 5) is 37.9. The standard InChI is InChI=1S/C18H24N2O5/c21-16(19-15(18(23)24)11-14-5-2-10-25-14)12-6-8-20(9-7-12)17(22)13-3-1-4-13/h2,5,10,12-13,15H,1,3-4,6-9,11H2,(H,19,21)(H,23,24)/t15-/m1/s1. The molecule has 0 unspecified atom stereocenters. The van der Waals surface area contributed by atoms with E-state index in [1.165, 1.54) is 6.26 Å². The number of likely N-dealkylation sites (tertiary alicyclic amines) is 1. The lowest BCUT2D eigenvalue weighted by Crippen LogP contribution is -2.49. The fraction of sp³-hybridized carbons (Fsp3) is 0.611. The molecule has 2 aliphatic rings. The van der Waals surface area contributed by atoms with E-state index in [1.54, 1.807) is 12.1 Å². The molecule has 25 heavy (non-hydrogen) atoms. The van der Waals surface area contributed by atoms with Gasteiger partial charge in [0.05, 0.1) is 6.26 Å². The van der Waals surface area contributed by atoms with Crippen LogP contribution in [0.3, 0.4) is 0 Å². The van der Waals surface area contributed by atoms with Crippen molar-refractivity contribution in [1.29, 1.82) is 0 Å². The lowest BCUT2D eigenvalue weighted by molar-refractivity contribution is -0.143. The molecule has 7 nitrogen and oxygen atoms in total. The Labute approximate surface area is 146 Å². The van der Waals surface area contributed by atoms with Crippen molar-refractivity contribution >= 4 is 17.8 Å². The van der Waals surface area contributed by atoms with Crippen LogP contribution in [0.25, 0.3) is 0 Å². The van der Waals surface area contributed by atoms with Gasteiger partial charge in [0.2, 0.25) is 11.8 Å². The molecule has 1 aliphatic heterocycles. The van der Waals surface area contributed by atoms with Gasteiger partial charge in [0.25, 0.3) is 0 Å². The molecule has 2 amide bonds. The van der Waals surface area contributed by atoms with Crippen LogP contribution in [0.4, 0.5) is 0 Å². The number of nitrogens with one attached hydrogen (secondary N) is 1. The summed E-state index contributed by atoms with van der Waals surface area (Å²) in [6.07, 6.45) is 5.84. The number of amides is 2. The first-order valence-corrected chi connectivity index (χ1v) is 8.89. The summed E-state index contributed by atoms with van der Waals surface area (Å²) >= 11 is 0. The zero-order valence-corrected chi connectivity index (χ0v) is 14.1. The number of rotatable bonds is 6. The van der Waals surface area contributed by atoms with Gasteiger partial charge in [-0.1, -0.05) is 6.42 Å². The number of carboxylic acid groups (broad SMARTS) is 1. The summed E-state index contributed by atoms with van der Waals surface area (Å²) in [6.45, 7) is 1.15.